The summed E-state index contributed by atoms with van der Waals surface area (Å²) in [6.07, 6.45) is 2.10. The summed E-state index contributed by atoms with van der Waals surface area (Å²) in [5.74, 6) is -0.00944. The van der Waals surface area contributed by atoms with Crippen molar-refractivity contribution in [2.24, 2.45) is 0 Å². The molecule has 1 aromatic carbocycles. The Kier molecular flexibility index (Phi) is 6.22. The number of nitrogens with one attached hydrogen (secondary N) is 2. The van der Waals surface area contributed by atoms with Gasteiger partial charge in [0.15, 0.2) is 0 Å². The Morgan fingerprint density at radius 3 is 2.61 bits per heavy atom. The topological polar surface area (TPSA) is 44.4 Å². The number of benzene rings is 1. The van der Waals surface area contributed by atoms with Crippen LogP contribution in [0.3, 0.4) is 0 Å². The van der Waals surface area contributed by atoms with Crippen LogP contribution in [0, 0.1) is 0 Å². The van der Waals surface area contributed by atoms with Crippen LogP contribution >= 0.6 is 0 Å². The molecule has 0 saturated carbocycles. The minimum absolute atomic E-state index is 0.00944. The fourth-order valence-corrected chi connectivity index (χ4v) is 1.75. The van der Waals surface area contributed by atoms with Crippen LogP contribution in [-0.4, -0.2) is 45.0 Å². The number of hydrogen-bond donors (Lipinski definition) is 2. The highest BCUT2D eigenvalue weighted by Crippen LogP contribution is 2.13. The number of unbranched alkanes of at least 4 members (excludes halogenated alkanes) is 1. The average Bonchev–Trinajstić information content (AvgIpc) is 2.37. The molecular weight excluding hydrogens is 226 g/mol. The first-order valence-electron chi connectivity index (χ1n) is 6.35. The standard InChI is InChI=1S/C14H23N3O/c1-15-13-9-5-4-8-12(13)14(18)16-10-6-7-11-17(2)3/h4-5,8-9,15H,6-7,10-11H2,1-3H3,(H,16,18). The molecule has 0 radical (unpaired) electrons. The molecule has 0 aliphatic rings. The quantitative estimate of drug-likeness (QED) is 0.724. The van der Waals surface area contributed by atoms with Gasteiger partial charge in [-0.25, -0.2) is 0 Å². The molecule has 100 valence electrons. The molecule has 0 saturated heterocycles. The Bertz CT molecular complexity index is 377. The van der Waals surface area contributed by atoms with E-state index in [1.165, 1.54) is 0 Å². The van der Waals surface area contributed by atoms with Gasteiger partial charge in [-0.05, 0) is 45.6 Å². The largest absolute Gasteiger partial charge is 0.387 e. The van der Waals surface area contributed by atoms with Gasteiger partial charge in [0.2, 0.25) is 0 Å². The zero-order chi connectivity index (χ0) is 13.4. The van der Waals surface area contributed by atoms with Crippen molar-refractivity contribution in [3.63, 3.8) is 0 Å². The molecule has 0 spiro atoms. The molecule has 1 amide bonds. The second-order valence-corrected chi connectivity index (χ2v) is 4.56. The number of nitrogens with zero attached hydrogens (tertiary/aromatic N) is 1. The first kappa shape index (κ1) is 14.5. The number of anilines is 1. The molecule has 0 atom stereocenters. The summed E-state index contributed by atoms with van der Waals surface area (Å²) < 4.78 is 0. The maximum Gasteiger partial charge on any atom is 0.253 e. The first-order valence-corrected chi connectivity index (χ1v) is 6.35. The van der Waals surface area contributed by atoms with E-state index in [-0.39, 0.29) is 5.91 Å². The van der Waals surface area contributed by atoms with Crippen molar-refractivity contribution in [1.29, 1.82) is 0 Å². The van der Waals surface area contributed by atoms with Gasteiger partial charge in [-0.1, -0.05) is 12.1 Å². The van der Waals surface area contributed by atoms with Gasteiger partial charge in [-0.2, -0.15) is 0 Å². The summed E-state index contributed by atoms with van der Waals surface area (Å²) in [7, 11) is 5.94. The van der Waals surface area contributed by atoms with Crippen molar-refractivity contribution in [3.8, 4) is 0 Å². The minimum Gasteiger partial charge on any atom is -0.387 e. The number of rotatable bonds is 7. The molecule has 0 aliphatic carbocycles. The fourth-order valence-electron chi connectivity index (χ4n) is 1.75. The zero-order valence-corrected chi connectivity index (χ0v) is 11.5. The Morgan fingerprint density at radius 2 is 1.94 bits per heavy atom. The van der Waals surface area contributed by atoms with Crippen molar-refractivity contribution >= 4 is 11.6 Å². The van der Waals surface area contributed by atoms with Crippen LogP contribution in [0.4, 0.5) is 5.69 Å². The normalized spacial score (nSPS) is 10.4. The molecule has 0 aromatic heterocycles. The lowest BCUT2D eigenvalue weighted by Crippen LogP contribution is -2.26. The Hall–Kier alpha value is -1.55. The van der Waals surface area contributed by atoms with Crippen LogP contribution in [0.2, 0.25) is 0 Å². The molecule has 0 unspecified atom stereocenters. The first-order chi connectivity index (χ1) is 8.65. The van der Waals surface area contributed by atoms with Crippen molar-refractivity contribution in [2.75, 3.05) is 39.5 Å². The van der Waals surface area contributed by atoms with Gasteiger partial charge in [0.05, 0.1) is 5.56 Å². The summed E-state index contributed by atoms with van der Waals surface area (Å²) in [6, 6.07) is 7.53. The van der Waals surface area contributed by atoms with Crippen LogP contribution in [-0.2, 0) is 0 Å². The third-order valence-corrected chi connectivity index (χ3v) is 2.76. The average molecular weight is 249 g/mol. The summed E-state index contributed by atoms with van der Waals surface area (Å²) >= 11 is 0. The second kappa shape index (κ2) is 7.71. The summed E-state index contributed by atoms with van der Waals surface area (Å²) in [4.78, 5) is 14.1. The van der Waals surface area contributed by atoms with Gasteiger partial charge in [0.1, 0.15) is 0 Å². The summed E-state index contributed by atoms with van der Waals surface area (Å²) in [6.45, 7) is 1.79. The van der Waals surface area contributed by atoms with Crippen LogP contribution in [0.1, 0.15) is 23.2 Å². The van der Waals surface area contributed by atoms with Gasteiger partial charge >= 0.3 is 0 Å². The Balaban J connectivity index is 2.36. The highest BCUT2D eigenvalue weighted by molar-refractivity contribution is 5.99. The highest BCUT2D eigenvalue weighted by Gasteiger charge is 2.08. The van der Waals surface area contributed by atoms with Crippen molar-refractivity contribution in [3.05, 3.63) is 29.8 Å². The van der Waals surface area contributed by atoms with Gasteiger partial charge < -0.3 is 15.5 Å². The van der Waals surface area contributed by atoms with E-state index in [4.69, 9.17) is 0 Å². The zero-order valence-electron chi connectivity index (χ0n) is 11.5. The van der Waals surface area contributed by atoms with E-state index in [0.29, 0.717) is 5.56 Å². The molecule has 4 nitrogen and oxygen atoms in total. The molecule has 18 heavy (non-hydrogen) atoms. The Labute approximate surface area is 109 Å². The monoisotopic (exact) mass is 249 g/mol. The molecule has 0 fully saturated rings. The molecular formula is C14H23N3O. The summed E-state index contributed by atoms with van der Waals surface area (Å²) in [5.41, 5.74) is 1.57. The van der Waals surface area contributed by atoms with Crippen molar-refractivity contribution < 1.29 is 4.79 Å². The van der Waals surface area contributed by atoms with Crippen LogP contribution in [0.15, 0.2) is 24.3 Å². The molecule has 4 heteroatoms. The van der Waals surface area contributed by atoms with E-state index in [9.17, 15) is 4.79 Å². The van der Waals surface area contributed by atoms with E-state index >= 15 is 0 Å². The lowest BCUT2D eigenvalue weighted by atomic mass is 10.1. The van der Waals surface area contributed by atoms with Crippen molar-refractivity contribution in [2.45, 2.75) is 12.8 Å². The van der Waals surface area contributed by atoms with Gasteiger partial charge in [-0.15, -0.1) is 0 Å². The number of carbonyl (C=O) groups excluding carboxylic acids is 1. The number of carbonyl (C=O) groups is 1. The number of hydrogen-bond acceptors (Lipinski definition) is 3. The Morgan fingerprint density at radius 1 is 1.22 bits per heavy atom. The second-order valence-electron chi connectivity index (χ2n) is 4.56. The number of para-hydroxylation sites is 1. The molecule has 0 bridgehead atoms. The van der Waals surface area contributed by atoms with E-state index in [1.54, 1.807) is 0 Å². The predicted octanol–water partition coefficient (Wildman–Crippen LogP) is 1.80. The molecule has 1 aromatic rings. The fraction of sp³-hybridized carbons (Fsp3) is 0.500. The van der Waals surface area contributed by atoms with Gasteiger partial charge in [-0.3, -0.25) is 4.79 Å². The van der Waals surface area contributed by atoms with Crippen LogP contribution in [0.25, 0.3) is 0 Å². The molecule has 1 rings (SSSR count). The maximum absolute atomic E-state index is 12.0. The SMILES string of the molecule is CNc1ccccc1C(=O)NCCCCN(C)C. The third-order valence-electron chi connectivity index (χ3n) is 2.76. The third kappa shape index (κ3) is 4.75. The van der Waals surface area contributed by atoms with Gasteiger partial charge in [0, 0.05) is 19.3 Å². The summed E-state index contributed by atoms with van der Waals surface area (Å²) in [5, 5.41) is 5.98. The van der Waals surface area contributed by atoms with Gasteiger partial charge in [0.25, 0.3) is 5.91 Å². The number of amides is 1. The maximum atomic E-state index is 12.0. The van der Waals surface area contributed by atoms with E-state index in [2.05, 4.69) is 29.6 Å². The lowest BCUT2D eigenvalue weighted by Gasteiger charge is -2.11. The van der Waals surface area contributed by atoms with E-state index in [1.807, 2.05) is 31.3 Å². The van der Waals surface area contributed by atoms with E-state index in [0.717, 1.165) is 31.6 Å². The van der Waals surface area contributed by atoms with Crippen LogP contribution in [0.5, 0.6) is 0 Å². The molecule has 0 aliphatic heterocycles. The van der Waals surface area contributed by atoms with Crippen LogP contribution < -0.4 is 10.6 Å². The highest BCUT2D eigenvalue weighted by atomic mass is 16.1. The predicted molar refractivity (Wildman–Crippen MR) is 76.1 cm³/mol. The smallest absolute Gasteiger partial charge is 0.253 e. The van der Waals surface area contributed by atoms with Crippen molar-refractivity contribution in [1.82, 2.24) is 10.2 Å². The molecule has 2 N–H and O–H groups in total. The molecule has 0 heterocycles. The van der Waals surface area contributed by atoms with E-state index < -0.39 is 0 Å². The minimum atomic E-state index is -0.00944. The lowest BCUT2D eigenvalue weighted by molar-refractivity contribution is 0.0953.